The van der Waals surface area contributed by atoms with Gasteiger partial charge in [0.05, 0.1) is 5.69 Å². The van der Waals surface area contributed by atoms with E-state index in [1.807, 2.05) is 0 Å². The summed E-state index contributed by atoms with van der Waals surface area (Å²) in [6.45, 7) is 1.64. The SMILES string of the molecule is CNS(=O)(=O)c1cc(C(=O)Nc2ccc3c(c2)NC(=O)[C@@H](C)O3)n(C)c1. The molecule has 0 unspecified atom stereocenters. The normalized spacial score (nSPS) is 16.4. The van der Waals surface area contributed by atoms with Gasteiger partial charge in [-0.05, 0) is 38.2 Å². The second-order valence-corrected chi connectivity index (χ2v) is 7.68. The van der Waals surface area contributed by atoms with Gasteiger partial charge < -0.3 is 19.9 Å². The molecular formula is C16H18N4O5S. The number of hydrogen-bond acceptors (Lipinski definition) is 5. The molecule has 0 spiro atoms. The van der Waals surface area contributed by atoms with Crippen LogP contribution in [-0.2, 0) is 21.9 Å². The van der Waals surface area contributed by atoms with Crippen LogP contribution < -0.4 is 20.1 Å². The molecule has 1 aliphatic rings. The van der Waals surface area contributed by atoms with Gasteiger partial charge in [0.1, 0.15) is 16.3 Å². The molecule has 1 aromatic heterocycles. The zero-order chi connectivity index (χ0) is 19.1. The number of aryl methyl sites for hydroxylation is 1. The van der Waals surface area contributed by atoms with Crippen LogP contribution in [0.5, 0.6) is 5.75 Å². The Kier molecular flexibility index (Phi) is 4.46. The van der Waals surface area contributed by atoms with E-state index in [0.717, 1.165) is 0 Å². The van der Waals surface area contributed by atoms with E-state index >= 15 is 0 Å². The number of anilines is 2. The minimum absolute atomic E-state index is 0.00672. The summed E-state index contributed by atoms with van der Waals surface area (Å²) in [5.74, 6) is -0.247. The lowest BCUT2D eigenvalue weighted by molar-refractivity contribution is -0.122. The van der Waals surface area contributed by atoms with Gasteiger partial charge in [0.2, 0.25) is 10.0 Å². The highest BCUT2D eigenvalue weighted by Crippen LogP contribution is 2.32. The molecule has 0 radical (unpaired) electrons. The summed E-state index contributed by atoms with van der Waals surface area (Å²) in [5, 5.41) is 5.37. The van der Waals surface area contributed by atoms with E-state index in [-0.39, 0.29) is 16.5 Å². The first-order valence-electron chi connectivity index (χ1n) is 7.74. The molecule has 2 aromatic rings. The van der Waals surface area contributed by atoms with Gasteiger partial charge in [-0.2, -0.15) is 0 Å². The molecule has 1 aliphatic heterocycles. The third-order valence-corrected chi connectivity index (χ3v) is 5.34. The number of sulfonamides is 1. The third kappa shape index (κ3) is 3.28. The predicted molar refractivity (Wildman–Crippen MR) is 94.8 cm³/mol. The van der Waals surface area contributed by atoms with Crippen LogP contribution in [0.1, 0.15) is 17.4 Å². The van der Waals surface area contributed by atoms with Crippen LogP contribution in [0.2, 0.25) is 0 Å². The number of aromatic nitrogens is 1. The van der Waals surface area contributed by atoms with Gasteiger partial charge >= 0.3 is 0 Å². The lowest BCUT2D eigenvalue weighted by Gasteiger charge is -2.23. The first-order chi connectivity index (χ1) is 12.2. The molecule has 9 nitrogen and oxygen atoms in total. The quantitative estimate of drug-likeness (QED) is 0.731. The standard InChI is InChI=1S/C16H18N4O5S/c1-9-15(21)19-12-6-10(4-5-14(12)25-9)18-16(22)13-7-11(8-20(13)3)26(23,24)17-2/h4-9,17H,1-3H3,(H,18,22)(H,19,21)/t9-/m1/s1. The molecule has 26 heavy (non-hydrogen) atoms. The van der Waals surface area contributed by atoms with Gasteiger partial charge in [0.25, 0.3) is 11.8 Å². The van der Waals surface area contributed by atoms with Crippen LogP contribution >= 0.6 is 0 Å². The molecule has 1 atom stereocenters. The zero-order valence-corrected chi connectivity index (χ0v) is 15.2. The number of carbonyl (C=O) groups is 2. The van der Waals surface area contributed by atoms with Crippen molar-refractivity contribution in [3.63, 3.8) is 0 Å². The second-order valence-electron chi connectivity index (χ2n) is 5.79. The molecule has 2 amide bonds. The van der Waals surface area contributed by atoms with Crippen molar-refractivity contribution in [1.29, 1.82) is 0 Å². The Labute approximate surface area is 150 Å². The van der Waals surface area contributed by atoms with Crippen molar-refractivity contribution in [3.8, 4) is 5.75 Å². The largest absolute Gasteiger partial charge is 0.479 e. The summed E-state index contributed by atoms with van der Waals surface area (Å²) in [4.78, 5) is 24.2. The van der Waals surface area contributed by atoms with Gasteiger partial charge in [0, 0.05) is 18.9 Å². The van der Waals surface area contributed by atoms with Crippen molar-refractivity contribution in [2.75, 3.05) is 17.7 Å². The molecule has 0 fully saturated rings. The van der Waals surface area contributed by atoms with Gasteiger partial charge in [-0.25, -0.2) is 13.1 Å². The average molecular weight is 378 g/mol. The number of nitrogens with zero attached hydrogens (tertiary/aromatic N) is 1. The maximum atomic E-state index is 12.5. The van der Waals surface area contributed by atoms with E-state index < -0.39 is 22.0 Å². The Hall–Kier alpha value is -2.85. The van der Waals surface area contributed by atoms with Gasteiger partial charge in [0.15, 0.2) is 6.10 Å². The fourth-order valence-corrected chi connectivity index (χ4v) is 3.31. The highest BCUT2D eigenvalue weighted by Gasteiger charge is 2.24. The average Bonchev–Trinajstić information content (AvgIpc) is 2.99. The van der Waals surface area contributed by atoms with Gasteiger partial charge in [-0.3, -0.25) is 9.59 Å². The fourth-order valence-electron chi connectivity index (χ4n) is 2.51. The molecule has 3 rings (SSSR count). The Morgan fingerprint density at radius 2 is 2.04 bits per heavy atom. The summed E-state index contributed by atoms with van der Waals surface area (Å²) in [6, 6.07) is 6.13. The number of amides is 2. The van der Waals surface area contributed by atoms with E-state index in [4.69, 9.17) is 4.74 Å². The maximum absolute atomic E-state index is 12.5. The number of nitrogens with one attached hydrogen (secondary N) is 3. The Morgan fingerprint density at radius 3 is 2.73 bits per heavy atom. The molecular weight excluding hydrogens is 360 g/mol. The van der Waals surface area contributed by atoms with Crippen LogP contribution in [-0.4, -0.2) is 38.0 Å². The van der Waals surface area contributed by atoms with Crippen molar-refractivity contribution < 1.29 is 22.7 Å². The molecule has 10 heteroatoms. The van der Waals surface area contributed by atoms with Crippen LogP contribution in [0.15, 0.2) is 35.4 Å². The fraction of sp³-hybridized carbons (Fsp3) is 0.250. The minimum Gasteiger partial charge on any atom is -0.479 e. The molecule has 0 bridgehead atoms. The van der Waals surface area contributed by atoms with Crippen molar-refractivity contribution in [2.45, 2.75) is 17.9 Å². The summed E-state index contributed by atoms with van der Waals surface area (Å²) >= 11 is 0. The Balaban J connectivity index is 1.83. The van der Waals surface area contributed by atoms with Crippen LogP contribution in [0, 0.1) is 0 Å². The number of carbonyl (C=O) groups excluding carboxylic acids is 2. The lowest BCUT2D eigenvalue weighted by Crippen LogP contribution is -2.34. The van der Waals surface area contributed by atoms with E-state index in [2.05, 4.69) is 15.4 Å². The molecule has 0 saturated carbocycles. The van der Waals surface area contributed by atoms with Gasteiger partial charge in [-0.15, -0.1) is 0 Å². The lowest BCUT2D eigenvalue weighted by atomic mass is 10.2. The van der Waals surface area contributed by atoms with Gasteiger partial charge in [-0.1, -0.05) is 0 Å². The Bertz CT molecular complexity index is 996. The number of hydrogen-bond donors (Lipinski definition) is 3. The highest BCUT2D eigenvalue weighted by atomic mass is 32.2. The third-order valence-electron chi connectivity index (χ3n) is 3.96. The predicted octanol–water partition coefficient (Wildman–Crippen LogP) is 0.905. The summed E-state index contributed by atoms with van der Waals surface area (Å²) < 4.78 is 32.8. The van der Waals surface area contributed by atoms with E-state index in [0.29, 0.717) is 17.1 Å². The molecule has 138 valence electrons. The topological polar surface area (TPSA) is 119 Å². The number of rotatable bonds is 4. The summed E-state index contributed by atoms with van der Waals surface area (Å²) in [7, 11) is -0.771. The Morgan fingerprint density at radius 1 is 1.31 bits per heavy atom. The highest BCUT2D eigenvalue weighted by molar-refractivity contribution is 7.89. The first kappa shape index (κ1) is 18.0. The molecule has 0 saturated heterocycles. The number of ether oxygens (including phenoxy) is 1. The van der Waals surface area contributed by atoms with Crippen molar-refractivity contribution in [2.24, 2.45) is 7.05 Å². The van der Waals surface area contributed by atoms with E-state index in [1.165, 1.54) is 23.9 Å². The smallest absolute Gasteiger partial charge is 0.272 e. The maximum Gasteiger partial charge on any atom is 0.272 e. The monoisotopic (exact) mass is 378 g/mol. The van der Waals surface area contributed by atoms with Crippen LogP contribution in [0.3, 0.4) is 0 Å². The second kappa shape index (κ2) is 6.46. The van der Waals surface area contributed by atoms with Crippen LogP contribution in [0.25, 0.3) is 0 Å². The van der Waals surface area contributed by atoms with E-state index in [1.54, 1.807) is 32.2 Å². The number of benzene rings is 1. The van der Waals surface area contributed by atoms with E-state index in [9.17, 15) is 18.0 Å². The van der Waals surface area contributed by atoms with Crippen LogP contribution in [0.4, 0.5) is 11.4 Å². The van der Waals surface area contributed by atoms with Crippen molar-refractivity contribution in [3.05, 3.63) is 36.2 Å². The summed E-state index contributed by atoms with van der Waals surface area (Å²) in [5.41, 5.74) is 1.06. The summed E-state index contributed by atoms with van der Waals surface area (Å²) in [6.07, 6.45) is 0.766. The molecule has 2 heterocycles. The molecule has 0 aliphatic carbocycles. The molecule has 1 aromatic carbocycles. The van der Waals surface area contributed by atoms with Crippen molar-refractivity contribution in [1.82, 2.24) is 9.29 Å². The molecule has 3 N–H and O–H groups in total. The minimum atomic E-state index is -3.64. The first-order valence-corrected chi connectivity index (χ1v) is 9.22. The van der Waals surface area contributed by atoms with Crippen molar-refractivity contribution >= 4 is 33.2 Å². The number of fused-ring (bicyclic) bond motifs is 1. The zero-order valence-electron chi connectivity index (χ0n) is 14.4.